The smallest absolute Gasteiger partial charge is 0.286 e. The van der Waals surface area contributed by atoms with Gasteiger partial charge < -0.3 is 20.2 Å². The molecule has 1 aromatic heterocycles. The fraction of sp³-hybridized carbons (Fsp3) is 0.571. The van der Waals surface area contributed by atoms with Crippen LogP contribution in [0.1, 0.15) is 44.2 Å². The van der Waals surface area contributed by atoms with Crippen LogP contribution in [-0.4, -0.2) is 35.1 Å². The summed E-state index contributed by atoms with van der Waals surface area (Å²) in [5.41, 5.74) is -0.658. The molecular weight excluding hydrogens is 260 g/mol. The average Bonchev–Trinajstić information content (AvgIpc) is 2.87. The first-order chi connectivity index (χ1) is 9.33. The molecule has 3 N–H and O–H groups in total. The van der Waals surface area contributed by atoms with E-state index in [4.69, 9.17) is 4.42 Å². The van der Waals surface area contributed by atoms with Gasteiger partial charge in [0.1, 0.15) is 0 Å². The van der Waals surface area contributed by atoms with E-state index in [9.17, 15) is 14.7 Å². The third kappa shape index (κ3) is 5.05. The molecule has 0 bridgehead atoms. The molecule has 112 valence electrons. The summed E-state index contributed by atoms with van der Waals surface area (Å²) < 4.78 is 4.95. The maximum atomic E-state index is 11.7. The fourth-order valence-electron chi connectivity index (χ4n) is 1.47. The van der Waals surface area contributed by atoms with Gasteiger partial charge in [-0.3, -0.25) is 9.59 Å². The maximum Gasteiger partial charge on any atom is 0.286 e. The standard InChI is InChI=1S/C14H22N2O4/c1-10(17)14(2,3)16-12(18)7-4-8-15-13(19)11-6-5-9-20-11/h5-6,9-10,17H,4,7-8H2,1-3H3,(H,15,19)(H,16,18). The van der Waals surface area contributed by atoms with E-state index in [2.05, 4.69) is 10.6 Å². The molecule has 20 heavy (non-hydrogen) atoms. The quantitative estimate of drug-likeness (QED) is 0.652. The first-order valence-corrected chi connectivity index (χ1v) is 6.63. The zero-order chi connectivity index (χ0) is 15.2. The van der Waals surface area contributed by atoms with Gasteiger partial charge in [0.05, 0.1) is 17.9 Å². The highest BCUT2D eigenvalue weighted by atomic mass is 16.3. The van der Waals surface area contributed by atoms with Gasteiger partial charge in [-0.1, -0.05) is 0 Å². The van der Waals surface area contributed by atoms with E-state index < -0.39 is 11.6 Å². The highest BCUT2D eigenvalue weighted by Crippen LogP contribution is 2.08. The van der Waals surface area contributed by atoms with E-state index in [1.54, 1.807) is 32.9 Å². The summed E-state index contributed by atoms with van der Waals surface area (Å²) in [6, 6.07) is 3.22. The number of carbonyl (C=O) groups is 2. The van der Waals surface area contributed by atoms with Crippen molar-refractivity contribution in [3.63, 3.8) is 0 Å². The third-order valence-corrected chi connectivity index (χ3v) is 3.12. The number of rotatable bonds is 7. The van der Waals surface area contributed by atoms with Crippen LogP contribution < -0.4 is 10.6 Å². The normalized spacial score (nSPS) is 12.8. The Morgan fingerprint density at radius 1 is 1.45 bits per heavy atom. The molecular formula is C14H22N2O4. The van der Waals surface area contributed by atoms with Gasteiger partial charge >= 0.3 is 0 Å². The lowest BCUT2D eigenvalue weighted by Gasteiger charge is -2.29. The van der Waals surface area contributed by atoms with Crippen molar-refractivity contribution in [2.24, 2.45) is 0 Å². The van der Waals surface area contributed by atoms with Crippen LogP contribution >= 0.6 is 0 Å². The first kappa shape index (κ1) is 16.2. The lowest BCUT2D eigenvalue weighted by Crippen LogP contribution is -2.51. The molecule has 0 aliphatic rings. The van der Waals surface area contributed by atoms with Crippen LogP contribution in [0.3, 0.4) is 0 Å². The van der Waals surface area contributed by atoms with Gasteiger partial charge in [-0.05, 0) is 39.3 Å². The van der Waals surface area contributed by atoms with E-state index in [0.29, 0.717) is 13.0 Å². The molecule has 0 aliphatic heterocycles. The van der Waals surface area contributed by atoms with Gasteiger partial charge in [0.15, 0.2) is 5.76 Å². The zero-order valence-electron chi connectivity index (χ0n) is 12.1. The molecule has 0 spiro atoms. The molecule has 0 aliphatic carbocycles. The second kappa shape index (κ2) is 7.09. The molecule has 0 saturated heterocycles. The molecule has 1 heterocycles. The topological polar surface area (TPSA) is 91.6 Å². The van der Waals surface area contributed by atoms with Crippen molar-refractivity contribution in [2.45, 2.75) is 45.3 Å². The molecule has 1 rings (SSSR count). The maximum absolute atomic E-state index is 11.7. The van der Waals surface area contributed by atoms with Crippen LogP contribution in [0.25, 0.3) is 0 Å². The lowest BCUT2D eigenvalue weighted by molar-refractivity contribution is -0.124. The molecule has 6 heteroatoms. The van der Waals surface area contributed by atoms with Gasteiger partial charge in [0.25, 0.3) is 5.91 Å². The Labute approximate surface area is 118 Å². The molecule has 6 nitrogen and oxygen atoms in total. The second-order valence-corrected chi connectivity index (χ2v) is 5.28. The van der Waals surface area contributed by atoms with Crippen molar-refractivity contribution in [2.75, 3.05) is 6.54 Å². The SMILES string of the molecule is CC(O)C(C)(C)NC(=O)CCCNC(=O)c1ccco1. The molecule has 1 unspecified atom stereocenters. The van der Waals surface area contributed by atoms with Crippen molar-refractivity contribution in [1.82, 2.24) is 10.6 Å². The Bertz CT molecular complexity index is 438. The Kier molecular flexibility index (Phi) is 5.76. The van der Waals surface area contributed by atoms with Crippen LogP contribution in [-0.2, 0) is 4.79 Å². The molecule has 0 saturated carbocycles. The number of aliphatic hydroxyl groups is 1. The third-order valence-electron chi connectivity index (χ3n) is 3.12. The summed E-state index contributed by atoms with van der Waals surface area (Å²) in [7, 11) is 0. The van der Waals surface area contributed by atoms with Crippen molar-refractivity contribution in [3.8, 4) is 0 Å². The monoisotopic (exact) mass is 282 g/mol. The second-order valence-electron chi connectivity index (χ2n) is 5.28. The Morgan fingerprint density at radius 3 is 2.70 bits per heavy atom. The summed E-state index contributed by atoms with van der Waals surface area (Å²) in [5, 5.41) is 14.9. The molecule has 0 fully saturated rings. The van der Waals surface area contributed by atoms with Crippen molar-refractivity contribution in [1.29, 1.82) is 0 Å². The van der Waals surface area contributed by atoms with Gasteiger partial charge in [-0.2, -0.15) is 0 Å². The van der Waals surface area contributed by atoms with E-state index in [1.165, 1.54) is 6.26 Å². The zero-order valence-corrected chi connectivity index (χ0v) is 12.1. The number of hydrogen-bond donors (Lipinski definition) is 3. The van der Waals surface area contributed by atoms with E-state index >= 15 is 0 Å². The molecule has 0 aromatic carbocycles. The minimum absolute atomic E-state index is 0.150. The molecule has 1 aromatic rings. The van der Waals surface area contributed by atoms with E-state index in [-0.39, 0.29) is 24.0 Å². The highest BCUT2D eigenvalue weighted by molar-refractivity contribution is 5.91. The van der Waals surface area contributed by atoms with Crippen LogP contribution in [0.2, 0.25) is 0 Å². The summed E-state index contributed by atoms with van der Waals surface area (Å²) in [5.74, 6) is -0.187. The van der Waals surface area contributed by atoms with Gasteiger partial charge in [-0.25, -0.2) is 0 Å². The minimum atomic E-state index is -0.658. The summed E-state index contributed by atoms with van der Waals surface area (Å²) in [6.07, 6.45) is 1.61. The molecule has 1 atom stereocenters. The lowest BCUT2D eigenvalue weighted by atomic mass is 9.98. The van der Waals surface area contributed by atoms with Crippen LogP contribution in [0.15, 0.2) is 22.8 Å². The predicted molar refractivity (Wildman–Crippen MR) is 74.2 cm³/mol. The van der Waals surface area contributed by atoms with Crippen molar-refractivity contribution < 1.29 is 19.1 Å². The van der Waals surface area contributed by atoms with Gasteiger partial charge in [0, 0.05) is 13.0 Å². The number of hydrogen-bond acceptors (Lipinski definition) is 4. The summed E-state index contributed by atoms with van der Waals surface area (Å²) in [6.45, 7) is 5.54. The Hall–Kier alpha value is -1.82. The Morgan fingerprint density at radius 2 is 2.15 bits per heavy atom. The Balaban J connectivity index is 2.21. The van der Waals surface area contributed by atoms with Crippen LogP contribution in [0, 0.1) is 0 Å². The summed E-state index contributed by atoms with van der Waals surface area (Å²) in [4.78, 5) is 23.2. The number of carbonyl (C=O) groups excluding carboxylic acids is 2. The number of aliphatic hydroxyl groups excluding tert-OH is 1. The van der Waals surface area contributed by atoms with Crippen molar-refractivity contribution >= 4 is 11.8 Å². The molecule has 0 radical (unpaired) electrons. The summed E-state index contributed by atoms with van der Waals surface area (Å²) >= 11 is 0. The number of nitrogens with one attached hydrogen (secondary N) is 2. The molecule has 2 amide bonds. The van der Waals surface area contributed by atoms with Gasteiger partial charge in [-0.15, -0.1) is 0 Å². The minimum Gasteiger partial charge on any atom is -0.459 e. The largest absolute Gasteiger partial charge is 0.459 e. The predicted octanol–water partition coefficient (Wildman–Crippen LogP) is 1.07. The van der Waals surface area contributed by atoms with Crippen LogP contribution in [0.5, 0.6) is 0 Å². The van der Waals surface area contributed by atoms with E-state index in [1.807, 2.05) is 0 Å². The average molecular weight is 282 g/mol. The van der Waals surface area contributed by atoms with E-state index in [0.717, 1.165) is 0 Å². The van der Waals surface area contributed by atoms with Crippen molar-refractivity contribution in [3.05, 3.63) is 24.2 Å². The van der Waals surface area contributed by atoms with Crippen LogP contribution in [0.4, 0.5) is 0 Å². The number of amides is 2. The first-order valence-electron chi connectivity index (χ1n) is 6.63. The highest BCUT2D eigenvalue weighted by Gasteiger charge is 2.25. The number of furan rings is 1. The van der Waals surface area contributed by atoms with Gasteiger partial charge in [0.2, 0.25) is 5.91 Å². The fourth-order valence-corrected chi connectivity index (χ4v) is 1.47.